The highest BCUT2D eigenvalue weighted by molar-refractivity contribution is 4.93. The molecular weight excluding hydrogens is 214 g/mol. The van der Waals surface area contributed by atoms with Gasteiger partial charge in [0.25, 0.3) is 0 Å². The van der Waals surface area contributed by atoms with Crippen LogP contribution in [0.5, 0.6) is 0 Å². The first-order chi connectivity index (χ1) is 8.34. The van der Waals surface area contributed by atoms with Crippen LogP contribution in [0.2, 0.25) is 0 Å². The van der Waals surface area contributed by atoms with Gasteiger partial charge < -0.3 is 14.8 Å². The molecule has 1 aliphatic rings. The van der Waals surface area contributed by atoms with Crippen LogP contribution in [-0.2, 0) is 9.47 Å². The minimum absolute atomic E-state index is 0.716. The number of rotatable bonds is 9. The van der Waals surface area contributed by atoms with Gasteiger partial charge in [-0.2, -0.15) is 0 Å². The van der Waals surface area contributed by atoms with Crippen LogP contribution in [0.15, 0.2) is 12.2 Å². The molecule has 0 aromatic rings. The quantitative estimate of drug-likeness (QED) is 0.496. The first-order valence-electron chi connectivity index (χ1n) is 6.77. The molecule has 1 aliphatic carbocycles. The van der Waals surface area contributed by atoms with Gasteiger partial charge in [0.2, 0.25) is 0 Å². The molecule has 3 nitrogen and oxygen atoms in total. The Hall–Kier alpha value is -0.380. The van der Waals surface area contributed by atoms with Gasteiger partial charge >= 0.3 is 0 Å². The maximum atomic E-state index is 5.72. The molecule has 3 heteroatoms. The second-order valence-electron chi connectivity index (χ2n) is 4.85. The highest BCUT2D eigenvalue weighted by Gasteiger charge is 2.17. The fourth-order valence-corrected chi connectivity index (χ4v) is 2.08. The molecule has 0 saturated carbocycles. The van der Waals surface area contributed by atoms with Gasteiger partial charge in [-0.3, -0.25) is 0 Å². The van der Waals surface area contributed by atoms with Crippen molar-refractivity contribution in [3.8, 4) is 0 Å². The van der Waals surface area contributed by atoms with E-state index >= 15 is 0 Å². The van der Waals surface area contributed by atoms with Crippen LogP contribution >= 0.6 is 0 Å². The summed E-state index contributed by atoms with van der Waals surface area (Å²) in [7, 11) is 1.74. The lowest BCUT2D eigenvalue weighted by atomic mass is 9.85. The van der Waals surface area contributed by atoms with Crippen LogP contribution in [0.3, 0.4) is 0 Å². The van der Waals surface area contributed by atoms with Crippen molar-refractivity contribution in [3.05, 3.63) is 12.2 Å². The van der Waals surface area contributed by atoms with Crippen LogP contribution in [0, 0.1) is 11.8 Å². The Morgan fingerprint density at radius 3 is 2.76 bits per heavy atom. The van der Waals surface area contributed by atoms with Gasteiger partial charge in [0, 0.05) is 20.3 Å². The van der Waals surface area contributed by atoms with E-state index in [-0.39, 0.29) is 0 Å². The van der Waals surface area contributed by atoms with Crippen molar-refractivity contribution in [2.75, 3.05) is 40.0 Å². The molecule has 2 unspecified atom stereocenters. The standard InChI is InChI=1S/C14H27NO2/c1-13-6-3-4-7-14(13)12-17-11-9-15-8-5-10-16-2/h3-4,13-15H,5-12H2,1-2H3. The van der Waals surface area contributed by atoms with E-state index in [1.807, 2.05) is 0 Å². The summed E-state index contributed by atoms with van der Waals surface area (Å²) < 4.78 is 10.7. The molecule has 0 saturated heterocycles. The van der Waals surface area contributed by atoms with Crippen molar-refractivity contribution >= 4 is 0 Å². The van der Waals surface area contributed by atoms with Crippen LogP contribution in [0.4, 0.5) is 0 Å². The predicted molar refractivity (Wildman–Crippen MR) is 71.2 cm³/mol. The number of hydrogen-bond donors (Lipinski definition) is 1. The molecule has 1 rings (SSSR count). The molecule has 0 aromatic heterocycles. The molecule has 0 aliphatic heterocycles. The van der Waals surface area contributed by atoms with Gasteiger partial charge in [-0.05, 0) is 37.6 Å². The summed E-state index contributed by atoms with van der Waals surface area (Å²) in [6.07, 6.45) is 8.04. The summed E-state index contributed by atoms with van der Waals surface area (Å²) in [4.78, 5) is 0. The highest BCUT2D eigenvalue weighted by Crippen LogP contribution is 2.24. The van der Waals surface area contributed by atoms with E-state index in [2.05, 4.69) is 24.4 Å². The van der Waals surface area contributed by atoms with E-state index in [4.69, 9.17) is 9.47 Å². The van der Waals surface area contributed by atoms with Gasteiger partial charge in [0.15, 0.2) is 0 Å². The summed E-state index contributed by atoms with van der Waals surface area (Å²) in [5.41, 5.74) is 0. The summed E-state index contributed by atoms with van der Waals surface area (Å²) >= 11 is 0. The maximum absolute atomic E-state index is 5.72. The first-order valence-corrected chi connectivity index (χ1v) is 6.77. The van der Waals surface area contributed by atoms with Crippen LogP contribution in [-0.4, -0.2) is 40.0 Å². The molecule has 17 heavy (non-hydrogen) atoms. The molecule has 100 valence electrons. The molecule has 0 fully saturated rings. The molecule has 0 amide bonds. The SMILES string of the molecule is COCCCNCCOCC1CC=CCC1C. The molecule has 1 N–H and O–H groups in total. The van der Waals surface area contributed by atoms with Crippen molar-refractivity contribution in [1.29, 1.82) is 0 Å². The van der Waals surface area contributed by atoms with Gasteiger partial charge in [0.05, 0.1) is 13.2 Å². The van der Waals surface area contributed by atoms with E-state index in [0.717, 1.165) is 45.2 Å². The Bertz CT molecular complexity index is 206. The third kappa shape index (κ3) is 6.81. The average molecular weight is 241 g/mol. The van der Waals surface area contributed by atoms with Crippen molar-refractivity contribution in [2.24, 2.45) is 11.8 Å². The first kappa shape index (κ1) is 14.7. The van der Waals surface area contributed by atoms with Crippen molar-refractivity contribution in [3.63, 3.8) is 0 Å². The van der Waals surface area contributed by atoms with Crippen molar-refractivity contribution in [2.45, 2.75) is 26.2 Å². The second kappa shape index (κ2) is 9.63. The Morgan fingerprint density at radius 1 is 1.18 bits per heavy atom. The lowest BCUT2D eigenvalue weighted by molar-refractivity contribution is 0.0806. The molecule has 2 atom stereocenters. The second-order valence-corrected chi connectivity index (χ2v) is 4.85. The Kier molecular flexibility index (Phi) is 8.32. The van der Waals surface area contributed by atoms with Gasteiger partial charge in [-0.1, -0.05) is 19.1 Å². The fraction of sp³-hybridized carbons (Fsp3) is 0.857. The van der Waals surface area contributed by atoms with Crippen LogP contribution in [0.1, 0.15) is 26.2 Å². The monoisotopic (exact) mass is 241 g/mol. The maximum Gasteiger partial charge on any atom is 0.0591 e. The number of methoxy groups -OCH3 is 1. The Balaban J connectivity index is 1.88. The molecule has 0 aromatic carbocycles. The summed E-state index contributed by atoms with van der Waals surface area (Å²) in [6.45, 7) is 6.84. The van der Waals surface area contributed by atoms with E-state index in [9.17, 15) is 0 Å². The topological polar surface area (TPSA) is 30.5 Å². The number of nitrogens with one attached hydrogen (secondary N) is 1. The molecule has 0 heterocycles. The van der Waals surface area contributed by atoms with E-state index in [1.165, 1.54) is 12.8 Å². The highest BCUT2D eigenvalue weighted by atomic mass is 16.5. The fourth-order valence-electron chi connectivity index (χ4n) is 2.08. The Labute approximate surface area is 106 Å². The number of allylic oxidation sites excluding steroid dienone is 2. The van der Waals surface area contributed by atoms with E-state index < -0.39 is 0 Å². The normalized spacial score (nSPS) is 24.1. The third-order valence-electron chi connectivity index (χ3n) is 3.38. The zero-order valence-electron chi connectivity index (χ0n) is 11.3. The smallest absolute Gasteiger partial charge is 0.0591 e. The molecule has 0 bridgehead atoms. The largest absolute Gasteiger partial charge is 0.385 e. The summed E-state index contributed by atoms with van der Waals surface area (Å²) in [6, 6.07) is 0. The number of hydrogen-bond acceptors (Lipinski definition) is 3. The van der Waals surface area contributed by atoms with E-state index in [0.29, 0.717) is 5.92 Å². The predicted octanol–water partition coefficient (Wildman–Crippen LogP) is 2.23. The minimum Gasteiger partial charge on any atom is -0.385 e. The van der Waals surface area contributed by atoms with Gasteiger partial charge in [0.1, 0.15) is 0 Å². The molecular formula is C14H27NO2. The Morgan fingerprint density at radius 2 is 2.00 bits per heavy atom. The lowest BCUT2D eigenvalue weighted by Crippen LogP contribution is -2.25. The van der Waals surface area contributed by atoms with Crippen molar-refractivity contribution in [1.82, 2.24) is 5.32 Å². The minimum atomic E-state index is 0.716. The lowest BCUT2D eigenvalue weighted by Gasteiger charge is -2.24. The summed E-state index contributed by atoms with van der Waals surface area (Å²) in [5.74, 6) is 1.49. The van der Waals surface area contributed by atoms with Crippen LogP contribution in [0.25, 0.3) is 0 Å². The summed E-state index contributed by atoms with van der Waals surface area (Å²) in [5, 5.41) is 3.35. The average Bonchev–Trinajstić information content (AvgIpc) is 2.35. The zero-order valence-corrected chi connectivity index (χ0v) is 11.3. The zero-order chi connectivity index (χ0) is 12.3. The molecule has 0 spiro atoms. The van der Waals surface area contributed by atoms with E-state index in [1.54, 1.807) is 7.11 Å². The third-order valence-corrected chi connectivity index (χ3v) is 3.38. The number of ether oxygens (including phenoxy) is 2. The van der Waals surface area contributed by atoms with Crippen molar-refractivity contribution < 1.29 is 9.47 Å². The van der Waals surface area contributed by atoms with Crippen LogP contribution < -0.4 is 5.32 Å². The van der Waals surface area contributed by atoms with Gasteiger partial charge in [-0.25, -0.2) is 0 Å². The molecule has 0 radical (unpaired) electrons. The van der Waals surface area contributed by atoms with Gasteiger partial charge in [-0.15, -0.1) is 0 Å².